The van der Waals surface area contributed by atoms with Crippen molar-refractivity contribution >= 4 is 46.1 Å². The van der Waals surface area contributed by atoms with Crippen LogP contribution in [0.4, 0.5) is 32.5 Å². The van der Waals surface area contributed by atoms with Crippen molar-refractivity contribution in [2.75, 3.05) is 47.2 Å². The second kappa shape index (κ2) is 13.1. The van der Waals surface area contributed by atoms with Gasteiger partial charge in [0, 0.05) is 48.5 Å². The van der Waals surface area contributed by atoms with Crippen molar-refractivity contribution < 1.29 is 14.3 Å². The fourth-order valence-electron chi connectivity index (χ4n) is 4.66. The second-order valence-electron chi connectivity index (χ2n) is 9.91. The van der Waals surface area contributed by atoms with Gasteiger partial charge in [0.2, 0.25) is 0 Å². The number of benzene rings is 2. The smallest absolute Gasteiger partial charge is 0.323 e. The Hall–Kier alpha value is -5.63. The van der Waals surface area contributed by atoms with Gasteiger partial charge in [0.05, 0.1) is 25.5 Å². The van der Waals surface area contributed by atoms with E-state index in [1.807, 2.05) is 37.3 Å². The molecule has 0 radical (unpaired) electrons. The number of aryl methyl sites for hydroxylation is 1. The molecule has 1 saturated heterocycles. The Morgan fingerprint density at radius 3 is 2.14 bits per heavy atom. The van der Waals surface area contributed by atoms with Gasteiger partial charge in [-0.3, -0.25) is 4.98 Å². The van der Waals surface area contributed by atoms with Crippen LogP contribution in [0.25, 0.3) is 22.6 Å². The summed E-state index contributed by atoms with van der Waals surface area (Å²) in [5.41, 5.74) is 4.64. The third-order valence-electron chi connectivity index (χ3n) is 6.91. The Morgan fingerprint density at radius 1 is 0.841 bits per heavy atom. The molecule has 4 heterocycles. The molecule has 4 N–H and O–H groups in total. The lowest BCUT2D eigenvalue weighted by Crippen LogP contribution is -2.37. The van der Waals surface area contributed by atoms with Crippen molar-refractivity contribution in [3.05, 3.63) is 78.6 Å². The molecule has 3 aromatic heterocycles. The average molecular weight is 594 g/mol. The van der Waals surface area contributed by atoms with Gasteiger partial charge >= 0.3 is 12.1 Å². The number of morpholine rings is 1. The minimum absolute atomic E-state index is 0.313. The van der Waals surface area contributed by atoms with Crippen LogP contribution in [0.5, 0.6) is 0 Å². The Morgan fingerprint density at radius 2 is 1.50 bits per heavy atom. The van der Waals surface area contributed by atoms with Crippen LogP contribution in [0.1, 0.15) is 12.6 Å². The molecule has 1 aliphatic heterocycles. The van der Waals surface area contributed by atoms with E-state index in [-0.39, 0.29) is 6.03 Å². The zero-order valence-electron chi connectivity index (χ0n) is 24.0. The van der Waals surface area contributed by atoms with Crippen molar-refractivity contribution in [1.29, 1.82) is 0 Å². The van der Waals surface area contributed by atoms with Gasteiger partial charge in [-0.05, 0) is 67.6 Å². The van der Waals surface area contributed by atoms with Crippen molar-refractivity contribution in [3.63, 3.8) is 0 Å². The number of carbonyl (C=O) groups excluding carboxylic acids is 2. The zero-order valence-corrected chi connectivity index (χ0v) is 24.0. The summed E-state index contributed by atoms with van der Waals surface area (Å²) in [7, 11) is 0. The van der Waals surface area contributed by atoms with E-state index in [1.165, 1.54) is 0 Å². The molecular weight excluding hydrogens is 562 g/mol. The highest BCUT2D eigenvalue weighted by molar-refractivity contribution is 6.00. The number of fused-ring (bicyclic) bond motifs is 1. The highest BCUT2D eigenvalue weighted by Crippen LogP contribution is 2.27. The van der Waals surface area contributed by atoms with Crippen LogP contribution in [-0.4, -0.2) is 68.3 Å². The van der Waals surface area contributed by atoms with Gasteiger partial charge in [-0.25, -0.2) is 24.2 Å². The zero-order chi connectivity index (χ0) is 30.3. The Bertz CT molecular complexity index is 1740. The first kappa shape index (κ1) is 28.5. The molecule has 14 heteroatoms. The molecule has 5 aromatic rings. The van der Waals surface area contributed by atoms with Crippen molar-refractivity contribution in [1.82, 2.24) is 35.3 Å². The van der Waals surface area contributed by atoms with Crippen molar-refractivity contribution in [2.24, 2.45) is 0 Å². The summed E-state index contributed by atoms with van der Waals surface area (Å²) in [6, 6.07) is 18.9. The van der Waals surface area contributed by atoms with Crippen LogP contribution < -0.4 is 26.2 Å². The quantitative estimate of drug-likeness (QED) is 0.207. The molecule has 0 unspecified atom stereocenters. The molecule has 0 saturated carbocycles. The standard InChI is InChI=1S/C30H31N11O3/c1-2-41-28-25(38-39-41)27(40-15-17-44-18-16-40)36-26(37-28)20-6-8-21(9-7-20)34-30(43)35-23-12-10-22(11-13-23)33-29(42)32-19-24-5-3-4-14-31-24/h3-14H,2,15-19H2,1H3,(H2,32,33,42)(H2,34,35,43). The summed E-state index contributed by atoms with van der Waals surface area (Å²) in [5.74, 6) is 1.28. The van der Waals surface area contributed by atoms with Crippen LogP contribution in [0, 0.1) is 0 Å². The molecule has 0 atom stereocenters. The predicted octanol–water partition coefficient (Wildman–Crippen LogP) is 4.11. The highest BCUT2D eigenvalue weighted by Gasteiger charge is 2.21. The summed E-state index contributed by atoms with van der Waals surface area (Å²) >= 11 is 0. The first-order valence-corrected chi connectivity index (χ1v) is 14.2. The van der Waals surface area contributed by atoms with Crippen LogP contribution in [-0.2, 0) is 17.8 Å². The predicted molar refractivity (Wildman–Crippen MR) is 166 cm³/mol. The molecule has 0 bridgehead atoms. The van der Waals surface area contributed by atoms with Crippen LogP contribution in [0.15, 0.2) is 72.9 Å². The third kappa shape index (κ3) is 6.71. The maximum absolute atomic E-state index is 12.7. The summed E-state index contributed by atoms with van der Waals surface area (Å²) in [5, 5.41) is 19.7. The number of nitrogens with zero attached hydrogens (tertiary/aromatic N) is 7. The minimum atomic E-state index is -0.406. The van der Waals surface area contributed by atoms with E-state index in [4.69, 9.17) is 14.7 Å². The van der Waals surface area contributed by atoms with Gasteiger partial charge in [0.15, 0.2) is 22.8 Å². The number of nitrogens with one attached hydrogen (secondary N) is 4. The minimum Gasteiger partial charge on any atom is -0.378 e. The van der Waals surface area contributed by atoms with E-state index in [2.05, 4.69) is 41.5 Å². The lowest BCUT2D eigenvalue weighted by molar-refractivity contribution is 0.122. The number of carbonyl (C=O) groups is 2. The molecule has 0 spiro atoms. The van der Waals surface area contributed by atoms with E-state index in [9.17, 15) is 9.59 Å². The van der Waals surface area contributed by atoms with Gasteiger partial charge in [0.1, 0.15) is 0 Å². The number of hydrogen-bond acceptors (Lipinski definition) is 9. The molecule has 2 aromatic carbocycles. The monoisotopic (exact) mass is 593 g/mol. The highest BCUT2D eigenvalue weighted by atomic mass is 16.5. The molecule has 1 aliphatic rings. The fraction of sp³-hybridized carbons (Fsp3) is 0.233. The fourth-order valence-corrected chi connectivity index (χ4v) is 4.66. The number of aromatic nitrogens is 6. The van der Waals surface area contributed by atoms with E-state index < -0.39 is 6.03 Å². The van der Waals surface area contributed by atoms with Crippen LogP contribution in [0.2, 0.25) is 0 Å². The van der Waals surface area contributed by atoms with E-state index >= 15 is 0 Å². The average Bonchev–Trinajstić information content (AvgIpc) is 3.49. The molecule has 14 nitrogen and oxygen atoms in total. The van der Waals surface area contributed by atoms with Crippen molar-refractivity contribution in [2.45, 2.75) is 20.0 Å². The normalized spacial score (nSPS) is 13.0. The number of amides is 4. The Labute approximate surface area is 252 Å². The van der Waals surface area contributed by atoms with Gasteiger partial charge < -0.3 is 30.9 Å². The summed E-state index contributed by atoms with van der Waals surface area (Å²) < 4.78 is 7.27. The first-order chi connectivity index (χ1) is 21.6. The maximum atomic E-state index is 12.7. The number of pyridine rings is 1. The lowest BCUT2D eigenvalue weighted by atomic mass is 10.2. The molecule has 0 aliphatic carbocycles. The number of ether oxygens (including phenoxy) is 1. The van der Waals surface area contributed by atoms with Crippen LogP contribution >= 0.6 is 0 Å². The SMILES string of the molecule is CCn1nnc2c(N3CCOCC3)nc(-c3ccc(NC(=O)Nc4ccc(NC(=O)NCc5ccccn5)cc4)cc3)nc21. The van der Waals surface area contributed by atoms with Gasteiger partial charge in [0.25, 0.3) is 0 Å². The summed E-state index contributed by atoms with van der Waals surface area (Å²) in [6.07, 6.45) is 1.67. The van der Waals surface area contributed by atoms with Crippen LogP contribution in [0.3, 0.4) is 0 Å². The molecule has 224 valence electrons. The van der Waals surface area contributed by atoms with Gasteiger partial charge in [-0.2, -0.15) is 0 Å². The van der Waals surface area contributed by atoms with Gasteiger partial charge in [-0.15, -0.1) is 5.10 Å². The number of anilines is 4. The molecular formula is C30H31N11O3. The number of urea groups is 2. The first-order valence-electron chi connectivity index (χ1n) is 14.2. The second-order valence-corrected chi connectivity index (χ2v) is 9.91. The van der Waals surface area contributed by atoms with Crippen molar-refractivity contribution in [3.8, 4) is 11.4 Å². The lowest BCUT2D eigenvalue weighted by Gasteiger charge is -2.27. The van der Waals surface area contributed by atoms with E-state index in [1.54, 1.807) is 47.3 Å². The molecule has 6 rings (SSSR count). The topological polar surface area (TPSA) is 164 Å². The molecule has 4 amide bonds. The van der Waals surface area contributed by atoms with E-state index in [0.29, 0.717) is 73.4 Å². The largest absolute Gasteiger partial charge is 0.378 e. The Balaban J connectivity index is 1.07. The summed E-state index contributed by atoms with van der Waals surface area (Å²) in [4.78, 5) is 40.8. The third-order valence-corrected chi connectivity index (χ3v) is 6.91. The maximum Gasteiger partial charge on any atom is 0.323 e. The molecule has 44 heavy (non-hydrogen) atoms. The number of rotatable bonds is 8. The summed E-state index contributed by atoms with van der Waals surface area (Å²) in [6.45, 7) is 5.61. The molecule has 1 fully saturated rings. The Kier molecular flexibility index (Phi) is 8.50. The van der Waals surface area contributed by atoms with Gasteiger partial charge in [-0.1, -0.05) is 11.3 Å². The number of hydrogen-bond donors (Lipinski definition) is 4. The van der Waals surface area contributed by atoms with E-state index in [0.717, 1.165) is 17.1 Å².